The Hall–Kier alpha value is -1.03. The summed E-state index contributed by atoms with van der Waals surface area (Å²) in [6.45, 7) is 5.85. The molecule has 136 valence electrons. The summed E-state index contributed by atoms with van der Waals surface area (Å²) >= 11 is 3.35. The average Bonchev–Trinajstić information content (AvgIpc) is 3.36. The topological polar surface area (TPSA) is 77.8 Å². The number of nitrogens with zero attached hydrogens (tertiary/aromatic N) is 5. The Balaban J connectivity index is 1.52. The standard InChI is InChI=1S/C16H24N6OS2/c1-11-18-19-14(25-11)10-24-16-21-20-15(12-4-6-17-7-5-12)22(16)9-13-3-2-8-23-13/h12-13,17H,2-10H2,1H3. The summed E-state index contributed by atoms with van der Waals surface area (Å²) in [5.41, 5.74) is 0. The lowest BCUT2D eigenvalue weighted by Gasteiger charge is -2.23. The van der Waals surface area contributed by atoms with E-state index in [4.69, 9.17) is 4.74 Å². The fourth-order valence-corrected chi connectivity index (χ4v) is 5.12. The zero-order chi connectivity index (χ0) is 17.1. The Bertz CT molecular complexity index is 691. The predicted molar refractivity (Wildman–Crippen MR) is 98.0 cm³/mol. The van der Waals surface area contributed by atoms with E-state index in [2.05, 4.69) is 30.3 Å². The summed E-state index contributed by atoms with van der Waals surface area (Å²) in [5.74, 6) is 2.42. The third-order valence-electron chi connectivity index (χ3n) is 4.75. The average molecular weight is 381 g/mol. The fraction of sp³-hybridized carbons (Fsp3) is 0.750. The third-order valence-corrected chi connectivity index (χ3v) is 6.75. The highest BCUT2D eigenvalue weighted by atomic mass is 32.2. The van der Waals surface area contributed by atoms with Gasteiger partial charge >= 0.3 is 0 Å². The lowest BCUT2D eigenvalue weighted by atomic mass is 9.97. The lowest BCUT2D eigenvalue weighted by molar-refractivity contribution is 0.0936. The summed E-state index contributed by atoms with van der Waals surface area (Å²) in [7, 11) is 0. The van der Waals surface area contributed by atoms with Crippen molar-refractivity contribution in [1.82, 2.24) is 30.3 Å². The Morgan fingerprint density at radius 1 is 1.20 bits per heavy atom. The highest BCUT2D eigenvalue weighted by Gasteiger charge is 2.26. The van der Waals surface area contributed by atoms with Crippen LogP contribution in [0.4, 0.5) is 0 Å². The van der Waals surface area contributed by atoms with Gasteiger partial charge in [-0.05, 0) is 45.7 Å². The molecule has 2 aliphatic heterocycles. The first-order valence-corrected chi connectivity index (χ1v) is 10.8. The Labute approximate surface area is 156 Å². The highest BCUT2D eigenvalue weighted by Crippen LogP contribution is 2.30. The van der Waals surface area contributed by atoms with E-state index in [0.717, 1.165) is 78.7 Å². The maximum Gasteiger partial charge on any atom is 0.191 e. The molecule has 0 aromatic carbocycles. The fourth-order valence-electron chi connectivity index (χ4n) is 3.47. The van der Waals surface area contributed by atoms with Crippen molar-refractivity contribution in [3.8, 4) is 0 Å². The van der Waals surface area contributed by atoms with Crippen molar-refractivity contribution in [3.05, 3.63) is 15.8 Å². The number of piperidine rings is 1. The van der Waals surface area contributed by atoms with E-state index in [1.807, 2.05) is 6.92 Å². The van der Waals surface area contributed by atoms with Crippen LogP contribution in [0.3, 0.4) is 0 Å². The van der Waals surface area contributed by atoms with Crippen LogP contribution in [0.25, 0.3) is 0 Å². The third kappa shape index (κ3) is 4.21. The second-order valence-corrected chi connectivity index (χ2v) is 8.82. The summed E-state index contributed by atoms with van der Waals surface area (Å²) in [4.78, 5) is 0. The number of hydrogen-bond acceptors (Lipinski definition) is 8. The van der Waals surface area contributed by atoms with Crippen LogP contribution in [-0.2, 0) is 17.0 Å². The molecule has 2 aromatic rings. The lowest BCUT2D eigenvalue weighted by Crippen LogP contribution is -2.29. The second kappa shape index (κ2) is 8.11. The predicted octanol–water partition coefficient (Wildman–Crippen LogP) is 2.38. The smallest absolute Gasteiger partial charge is 0.191 e. The Morgan fingerprint density at radius 2 is 2.08 bits per heavy atom. The SMILES string of the molecule is Cc1nnc(CSc2nnc(C3CCNCC3)n2CC2CCCO2)s1. The van der Waals surface area contributed by atoms with Crippen LogP contribution in [0.15, 0.2) is 5.16 Å². The molecule has 0 bridgehead atoms. The van der Waals surface area contributed by atoms with Crippen molar-refractivity contribution in [2.75, 3.05) is 19.7 Å². The van der Waals surface area contributed by atoms with Gasteiger partial charge < -0.3 is 14.6 Å². The Morgan fingerprint density at radius 3 is 2.80 bits per heavy atom. The number of hydrogen-bond donors (Lipinski definition) is 1. The van der Waals surface area contributed by atoms with Gasteiger partial charge in [-0.15, -0.1) is 31.7 Å². The zero-order valence-electron chi connectivity index (χ0n) is 14.5. The Kier molecular flexibility index (Phi) is 5.64. The molecule has 0 aliphatic carbocycles. The molecule has 4 heterocycles. The van der Waals surface area contributed by atoms with Crippen molar-refractivity contribution in [3.63, 3.8) is 0 Å². The van der Waals surface area contributed by atoms with Gasteiger partial charge in [-0.1, -0.05) is 11.8 Å². The summed E-state index contributed by atoms with van der Waals surface area (Å²) in [5, 5.41) is 23.9. The normalized spacial score (nSPS) is 21.9. The molecule has 0 saturated carbocycles. The van der Waals surface area contributed by atoms with Gasteiger partial charge in [0.25, 0.3) is 0 Å². The van der Waals surface area contributed by atoms with Gasteiger partial charge in [-0.3, -0.25) is 0 Å². The first kappa shape index (κ1) is 17.4. The van der Waals surface area contributed by atoms with E-state index >= 15 is 0 Å². The number of aryl methyl sites for hydroxylation is 1. The van der Waals surface area contributed by atoms with Gasteiger partial charge in [-0.2, -0.15) is 0 Å². The van der Waals surface area contributed by atoms with Crippen LogP contribution in [-0.4, -0.2) is 50.8 Å². The van der Waals surface area contributed by atoms with E-state index in [9.17, 15) is 0 Å². The van der Waals surface area contributed by atoms with Gasteiger partial charge in [0.15, 0.2) is 5.16 Å². The molecule has 25 heavy (non-hydrogen) atoms. The van der Waals surface area contributed by atoms with Gasteiger partial charge in [-0.25, -0.2) is 0 Å². The van der Waals surface area contributed by atoms with Crippen LogP contribution < -0.4 is 5.32 Å². The molecule has 2 saturated heterocycles. The van der Waals surface area contributed by atoms with Crippen LogP contribution in [0.5, 0.6) is 0 Å². The first-order chi connectivity index (χ1) is 12.3. The first-order valence-electron chi connectivity index (χ1n) is 8.97. The van der Waals surface area contributed by atoms with Crippen molar-refractivity contribution >= 4 is 23.1 Å². The van der Waals surface area contributed by atoms with E-state index in [-0.39, 0.29) is 0 Å². The molecule has 7 nitrogen and oxygen atoms in total. The molecule has 4 rings (SSSR count). The summed E-state index contributed by atoms with van der Waals surface area (Å²) in [6.07, 6.45) is 4.83. The molecule has 2 fully saturated rings. The highest BCUT2D eigenvalue weighted by molar-refractivity contribution is 7.98. The minimum atomic E-state index is 0.291. The van der Waals surface area contributed by atoms with Gasteiger partial charge in [0.2, 0.25) is 0 Å². The monoisotopic (exact) mass is 380 g/mol. The molecule has 1 atom stereocenters. The maximum atomic E-state index is 5.87. The number of thioether (sulfide) groups is 1. The van der Waals surface area contributed by atoms with Crippen molar-refractivity contribution < 1.29 is 4.74 Å². The van der Waals surface area contributed by atoms with Crippen LogP contribution in [0.1, 0.15) is 47.4 Å². The maximum absolute atomic E-state index is 5.87. The molecule has 1 N–H and O–H groups in total. The quantitative estimate of drug-likeness (QED) is 0.771. The van der Waals surface area contributed by atoms with E-state index in [1.54, 1.807) is 23.1 Å². The summed E-state index contributed by atoms with van der Waals surface area (Å²) < 4.78 is 8.18. The minimum Gasteiger partial charge on any atom is -0.376 e. The van der Waals surface area contributed by atoms with Crippen LogP contribution >= 0.6 is 23.1 Å². The molecule has 0 radical (unpaired) electrons. The number of nitrogens with one attached hydrogen (secondary N) is 1. The molecule has 2 aliphatic rings. The molecular weight excluding hydrogens is 356 g/mol. The van der Waals surface area contributed by atoms with E-state index in [0.29, 0.717) is 12.0 Å². The van der Waals surface area contributed by atoms with Gasteiger partial charge in [0.05, 0.1) is 18.4 Å². The summed E-state index contributed by atoms with van der Waals surface area (Å²) in [6, 6.07) is 0. The van der Waals surface area contributed by atoms with Crippen LogP contribution in [0, 0.1) is 6.92 Å². The van der Waals surface area contributed by atoms with E-state index < -0.39 is 0 Å². The minimum absolute atomic E-state index is 0.291. The second-order valence-electron chi connectivity index (χ2n) is 6.61. The van der Waals surface area contributed by atoms with Crippen molar-refractivity contribution in [1.29, 1.82) is 0 Å². The largest absolute Gasteiger partial charge is 0.376 e. The van der Waals surface area contributed by atoms with E-state index in [1.165, 1.54) is 0 Å². The molecule has 0 spiro atoms. The number of aromatic nitrogens is 5. The number of rotatable bonds is 6. The molecule has 1 unspecified atom stereocenters. The van der Waals surface area contributed by atoms with Crippen molar-refractivity contribution in [2.24, 2.45) is 0 Å². The van der Waals surface area contributed by atoms with Gasteiger partial charge in [0, 0.05) is 12.5 Å². The molecule has 9 heteroatoms. The number of ether oxygens (including phenoxy) is 1. The molecular formula is C16H24N6OS2. The van der Waals surface area contributed by atoms with Gasteiger partial charge in [0.1, 0.15) is 15.8 Å². The van der Waals surface area contributed by atoms with Crippen molar-refractivity contribution in [2.45, 2.75) is 62.1 Å². The molecule has 2 aromatic heterocycles. The van der Waals surface area contributed by atoms with Crippen LogP contribution in [0.2, 0.25) is 0 Å². The zero-order valence-corrected chi connectivity index (χ0v) is 16.1. The molecule has 0 amide bonds.